The summed E-state index contributed by atoms with van der Waals surface area (Å²) in [5, 5.41) is 0. The van der Waals surface area contributed by atoms with E-state index in [1.54, 1.807) is 19.1 Å². The Kier molecular flexibility index (Phi) is 6.09. The summed E-state index contributed by atoms with van der Waals surface area (Å²) >= 11 is 0. The molecule has 1 unspecified atom stereocenters. The summed E-state index contributed by atoms with van der Waals surface area (Å²) in [6, 6.07) is 18.3. The van der Waals surface area contributed by atoms with Gasteiger partial charge in [0.05, 0.1) is 6.61 Å². The molecule has 2 aromatic carbocycles. The zero-order valence-electron chi connectivity index (χ0n) is 13.6. The molecular weight excluding hydrogens is 306 g/mol. The summed E-state index contributed by atoms with van der Waals surface area (Å²) in [5.74, 6) is -1.58. The molecule has 0 amide bonds. The highest BCUT2D eigenvalue weighted by molar-refractivity contribution is 6.05. The minimum absolute atomic E-state index is 0.0142. The first kappa shape index (κ1) is 17.7. The Morgan fingerprint density at radius 1 is 0.875 bits per heavy atom. The van der Waals surface area contributed by atoms with Gasteiger partial charge in [0.2, 0.25) is 5.54 Å². The molecule has 0 aliphatic carbocycles. The number of carbonyl (C=O) groups excluding carboxylic acids is 2. The van der Waals surface area contributed by atoms with Gasteiger partial charge in [-0.1, -0.05) is 60.7 Å². The molecule has 0 spiro atoms. The van der Waals surface area contributed by atoms with Crippen molar-refractivity contribution in [2.75, 3.05) is 6.61 Å². The van der Waals surface area contributed by atoms with Gasteiger partial charge in [-0.2, -0.15) is 0 Å². The lowest BCUT2D eigenvalue weighted by Gasteiger charge is -2.25. The van der Waals surface area contributed by atoms with Gasteiger partial charge < -0.3 is 15.2 Å². The van der Waals surface area contributed by atoms with E-state index in [0.29, 0.717) is 0 Å². The Bertz CT molecular complexity index is 672. The molecule has 2 aromatic rings. The summed E-state index contributed by atoms with van der Waals surface area (Å²) in [6.45, 7) is 1.85. The van der Waals surface area contributed by atoms with Crippen LogP contribution in [0, 0.1) is 0 Å². The first-order valence-electron chi connectivity index (χ1n) is 7.77. The lowest BCUT2D eigenvalue weighted by atomic mass is 9.92. The standard InChI is InChI=1S/C19H21NO4/c1-2-23-17(21)19(20,13-15-9-5-3-6-10-15)18(22)24-14-16-11-7-4-8-12-16/h3-12H,2,13-14,20H2,1H3. The predicted molar refractivity (Wildman–Crippen MR) is 89.9 cm³/mol. The number of benzene rings is 2. The quantitative estimate of drug-likeness (QED) is 0.623. The second-order valence-electron chi connectivity index (χ2n) is 5.42. The number of ether oxygens (including phenoxy) is 2. The topological polar surface area (TPSA) is 78.6 Å². The van der Waals surface area contributed by atoms with Gasteiger partial charge in [0.25, 0.3) is 0 Å². The van der Waals surface area contributed by atoms with Crippen molar-refractivity contribution in [2.45, 2.75) is 25.5 Å². The molecule has 5 heteroatoms. The average molecular weight is 327 g/mol. The first-order valence-corrected chi connectivity index (χ1v) is 7.77. The third kappa shape index (κ3) is 4.43. The maximum atomic E-state index is 12.5. The summed E-state index contributed by atoms with van der Waals surface area (Å²) in [4.78, 5) is 24.8. The van der Waals surface area contributed by atoms with Gasteiger partial charge in [0.1, 0.15) is 6.61 Å². The van der Waals surface area contributed by atoms with Crippen molar-refractivity contribution in [3.05, 3.63) is 71.8 Å². The van der Waals surface area contributed by atoms with Gasteiger partial charge in [0, 0.05) is 6.42 Å². The molecule has 0 heterocycles. The van der Waals surface area contributed by atoms with Crippen LogP contribution in [0.3, 0.4) is 0 Å². The van der Waals surface area contributed by atoms with Crippen molar-refractivity contribution in [1.82, 2.24) is 0 Å². The van der Waals surface area contributed by atoms with Gasteiger partial charge in [-0.3, -0.25) is 0 Å². The molecule has 2 N–H and O–H groups in total. The molecule has 0 saturated heterocycles. The number of rotatable bonds is 7. The molecule has 0 fully saturated rings. The SMILES string of the molecule is CCOC(=O)C(N)(Cc1ccccc1)C(=O)OCc1ccccc1. The minimum atomic E-state index is -1.87. The number of esters is 2. The maximum Gasteiger partial charge on any atom is 0.338 e. The van der Waals surface area contributed by atoms with Crippen LogP contribution in [0.25, 0.3) is 0 Å². The monoisotopic (exact) mass is 327 g/mol. The Morgan fingerprint density at radius 3 is 1.92 bits per heavy atom. The number of carbonyl (C=O) groups is 2. The molecule has 126 valence electrons. The van der Waals surface area contributed by atoms with Crippen molar-refractivity contribution in [3.8, 4) is 0 Å². The fraction of sp³-hybridized carbons (Fsp3) is 0.263. The van der Waals surface area contributed by atoms with Crippen LogP contribution >= 0.6 is 0 Å². The molecule has 0 aromatic heterocycles. The summed E-state index contributed by atoms with van der Waals surface area (Å²) in [7, 11) is 0. The van der Waals surface area contributed by atoms with Crippen LogP contribution in [0.1, 0.15) is 18.1 Å². The highest BCUT2D eigenvalue weighted by Crippen LogP contribution is 2.16. The third-order valence-corrected chi connectivity index (χ3v) is 3.54. The summed E-state index contributed by atoms with van der Waals surface area (Å²) in [5.41, 5.74) is 5.82. The van der Waals surface area contributed by atoms with E-state index in [9.17, 15) is 9.59 Å². The van der Waals surface area contributed by atoms with Crippen molar-refractivity contribution >= 4 is 11.9 Å². The highest BCUT2D eigenvalue weighted by Gasteiger charge is 2.45. The lowest BCUT2D eigenvalue weighted by Crippen LogP contribution is -2.58. The van der Waals surface area contributed by atoms with Gasteiger partial charge in [-0.15, -0.1) is 0 Å². The van der Waals surface area contributed by atoms with E-state index >= 15 is 0 Å². The van der Waals surface area contributed by atoms with Crippen LogP contribution in [0.4, 0.5) is 0 Å². The smallest absolute Gasteiger partial charge is 0.338 e. The van der Waals surface area contributed by atoms with Crippen LogP contribution in [0.15, 0.2) is 60.7 Å². The van der Waals surface area contributed by atoms with Crippen LogP contribution in [-0.2, 0) is 32.1 Å². The second-order valence-corrected chi connectivity index (χ2v) is 5.42. The first-order chi connectivity index (χ1) is 11.6. The van der Waals surface area contributed by atoms with Crippen molar-refractivity contribution in [3.63, 3.8) is 0 Å². The zero-order valence-corrected chi connectivity index (χ0v) is 13.6. The lowest BCUT2D eigenvalue weighted by molar-refractivity contribution is -0.165. The third-order valence-electron chi connectivity index (χ3n) is 3.54. The van der Waals surface area contributed by atoms with E-state index in [-0.39, 0.29) is 19.6 Å². The van der Waals surface area contributed by atoms with Crippen LogP contribution < -0.4 is 5.73 Å². The zero-order chi connectivity index (χ0) is 17.4. The maximum absolute atomic E-state index is 12.5. The number of hydrogen-bond donors (Lipinski definition) is 1. The Labute approximate surface area is 141 Å². The molecule has 2 rings (SSSR count). The fourth-order valence-electron chi connectivity index (χ4n) is 2.26. The number of hydrogen-bond acceptors (Lipinski definition) is 5. The molecule has 0 saturated carbocycles. The molecule has 0 aliphatic heterocycles. The van der Waals surface area contributed by atoms with Crippen LogP contribution in [0.5, 0.6) is 0 Å². The van der Waals surface area contributed by atoms with Gasteiger partial charge in [0.15, 0.2) is 0 Å². The molecule has 0 bridgehead atoms. The van der Waals surface area contributed by atoms with Crippen LogP contribution in [-0.4, -0.2) is 24.1 Å². The van der Waals surface area contributed by atoms with E-state index in [0.717, 1.165) is 11.1 Å². The van der Waals surface area contributed by atoms with Crippen molar-refractivity contribution in [2.24, 2.45) is 5.73 Å². The molecular formula is C19H21NO4. The molecule has 1 atom stereocenters. The van der Waals surface area contributed by atoms with E-state index < -0.39 is 17.5 Å². The Balaban J connectivity index is 2.15. The summed E-state index contributed by atoms with van der Waals surface area (Å²) in [6.07, 6.45) is 0.0142. The molecule has 5 nitrogen and oxygen atoms in total. The minimum Gasteiger partial charge on any atom is -0.464 e. The second kappa shape index (κ2) is 8.26. The summed E-state index contributed by atoms with van der Waals surface area (Å²) < 4.78 is 10.3. The molecule has 0 aliphatic rings. The van der Waals surface area contributed by atoms with E-state index in [4.69, 9.17) is 15.2 Å². The van der Waals surface area contributed by atoms with Crippen molar-refractivity contribution in [1.29, 1.82) is 0 Å². The largest absolute Gasteiger partial charge is 0.464 e. The number of nitrogens with two attached hydrogens (primary N) is 1. The average Bonchev–Trinajstić information content (AvgIpc) is 2.61. The van der Waals surface area contributed by atoms with Crippen molar-refractivity contribution < 1.29 is 19.1 Å². The fourth-order valence-corrected chi connectivity index (χ4v) is 2.26. The van der Waals surface area contributed by atoms with Gasteiger partial charge in [-0.05, 0) is 18.1 Å². The van der Waals surface area contributed by atoms with E-state index in [1.807, 2.05) is 48.5 Å². The predicted octanol–water partition coefficient (Wildman–Crippen LogP) is 2.23. The van der Waals surface area contributed by atoms with Gasteiger partial charge in [-0.25, -0.2) is 9.59 Å². The molecule has 24 heavy (non-hydrogen) atoms. The molecule has 0 radical (unpaired) electrons. The van der Waals surface area contributed by atoms with Gasteiger partial charge >= 0.3 is 11.9 Å². The van der Waals surface area contributed by atoms with E-state index in [1.165, 1.54) is 0 Å². The van der Waals surface area contributed by atoms with Crippen LogP contribution in [0.2, 0.25) is 0 Å². The normalized spacial score (nSPS) is 12.9. The Morgan fingerprint density at radius 2 is 1.38 bits per heavy atom. The van der Waals surface area contributed by atoms with E-state index in [2.05, 4.69) is 0 Å². The Hall–Kier alpha value is -2.66. The highest BCUT2D eigenvalue weighted by atomic mass is 16.6.